The standard InChI is InChI=1S/C15H20NO2/c1-12(14-7-3-2-4-8-14)18-15(17)16-11-5-6-13-9-10-13/h2-4,7-9,12-13H,5-6,10-11H2,1H3,(H,16,17). The lowest BCUT2D eigenvalue weighted by Crippen LogP contribution is -2.26. The quantitative estimate of drug-likeness (QED) is 0.780. The van der Waals surface area contributed by atoms with Crippen molar-refractivity contribution in [1.29, 1.82) is 0 Å². The van der Waals surface area contributed by atoms with E-state index in [1.807, 2.05) is 37.3 Å². The Bertz CT molecular complexity index is 373. The number of amides is 1. The minimum Gasteiger partial charge on any atom is -0.442 e. The number of hydrogen-bond donors (Lipinski definition) is 1. The van der Waals surface area contributed by atoms with E-state index >= 15 is 0 Å². The average molecular weight is 246 g/mol. The summed E-state index contributed by atoms with van der Waals surface area (Å²) in [6.45, 7) is 2.58. The first-order chi connectivity index (χ1) is 8.75. The first kappa shape index (κ1) is 12.9. The molecule has 0 spiro atoms. The van der Waals surface area contributed by atoms with Crippen LogP contribution in [0.2, 0.25) is 0 Å². The number of carbonyl (C=O) groups is 1. The van der Waals surface area contributed by atoms with Gasteiger partial charge in [0.1, 0.15) is 6.10 Å². The molecule has 1 aromatic carbocycles. The van der Waals surface area contributed by atoms with Gasteiger partial charge in [0.05, 0.1) is 0 Å². The van der Waals surface area contributed by atoms with Gasteiger partial charge in [0, 0.05) is 6.54 Å². The Hall–Kier alpha value is -1.51. The maximum Gasteiger partial charge on any atom is 0.407 e. The summed E-state index contributed by atoms with van der Waals surface area (Å²) in [5.74, 6) is 0.797. The molecule has 0 bridgehead atoms. The largest absolute Gasteiger partial charge is 0.442 e. The van der Waals surface area contributed by atoms with Crippen LogP contribution < -0.4 is 5.32 Å². The van der Waals surface area contributed by atoms with Crippen LogP contribution in [0.25, 0.3) is 0 Å². The smallest absolute Gasteiger partial charge is 0.407 e. The average Bonchev–Trinajstić information content (AvgIpc) is 3.20. The van der Waals surface area contributed by atoms with E-state index < -0.39 is 0 Å². The summed E-state index contributed by atoms with van der Waals surface area (Å²) in [4.78, 5) is 11.5. The Labute approximate surface area is 109 Å². The second-order valence-corrected chi connectivity index (χ2v) is 4.76. The lowest BCUT2D eigenvalue weighted by molar-refractivity contribution is 0.107. The third-order valence-electron chi connectivity index (χ3n) is 3.14. The maximum atomic E-state index is 11.5. The molecule has 1 amide bonds. The van der Waals surface area contributed by atoms with Crippen LogP contribution in [0.3, 0.4) is 0 Å². The second-order valence-electron chi connectivity index (χ2n) is 4.76. The Kier molecular flexibility index (Phi) is 4.62. The Morgan fingerprint density at radius 3 is 2.83 bits per heavy atom. The SMILES string of the molecule is CC(OC(=O)NCCCC1[CH]C1)c1ccccc1. The predicted molar refractivity (Wildman–Crippen MR) is 71.0 cm³/mol. The summed E-state index contributed by atoms with van der Waals surface area (Å²) >= 11 is 0. The Balaban J connectivity index is 1.63. The number of ether oxygens (including phenoxy) is 1. The van der Waals surface area contributed by atoms with E-state index in [1.54, 1.807) is 0 Å². The van der Waals surface area contributed by atoms with Gasteiger partial charge in [-0.05, 0) is 44.1 Å². The van der Waals surface area contributed by atoms with Gasteiger partial charge in [-0.25, -0.2) is 4.79 Å². The topological polar surface area (TPSA) is 38.3 Å². The van der Waals surface area contributed by atoms with Crippen molar-refractivity contribution in [2.45, 2.75) is 32.3 Å². The number of alkyl carbamates (subject to hydrolysis) is 1. The monoisotopic (exact) mass is 246 g/mol. The van der Waals surface area contributed by atoms with E-state index in [1.165, 1.54) is 12.8 Å². The summed E-state index contributed by atoms with van der Waals surface area (Å²) in [6, 6.07) is 9.76. The van der Waals surface area contributed by atoms with Crippen LogP contribution in [0.4, 0.5) is 4.79 Å². The van der Waals surface area contributed by atoms with E-state index in [2.05, 4.69) is 11.7 Å². The molecule has 18 heavy (non-hydrogen) atoms. The van der Waals surface area contributed by atoms with Crippen molar-refractivity contribution >= 4 is 6.09 Å². The summed E-state index contributed by atoms with van der Waals surface area (Å²) in [6.07, 6.45) is 5.21. The van der Waals surface area contributed by atoms with Gasteiger partial charge in [-0.3, -0.25) is 0 Å². The van der Waals surface area contributed by atoms with Crippen molar-refractivity contribution in [3.8, 4) is 0 Å². The van der Waals surface area contributed by atoms with Crippen molar-refractivity contribution in [2.75, 3.05) is 6.54 Å². The molecule has 0 aliphatic heterocycles. The lowest BCUT2D eigenvalue weighted by atomic mass is 10.1. The summed E-state index contributed by atoms with van der Waals surface area (Å²) in [5.41, 5.74) is 1.01. The molecule has 1 aromatic rings. The first-order valence-corrected chi connectivity index (χ1v) is 6.58. The van der Waals surface area contributed by atoms with Gasteiger partial charge in [-0.2, -0.15) is 0 Å². The lowest BCUT2D eigenvalue weighted by Gasteiger charge is -2.14. The van der Waals surface area contributed by atoms with E-state index in [9.17, 15) is 4.79 Å². The molecule has 1 aliphatic rings. The minimum absolute atomic E-state index is 0.206. The van der Waals surface area contributed by atoms with Gasteiger partial charge in [0.2, 0.25) is 0 Å². The van der Waals surface area contributed by atoms with Crippen molar-refractivity contribution in [2.24, 2.45) is 5.92 Å². The molecule has 1 radical (unpaired) electrons. The number of benzene rings is 1. The number of nitrogens with one attached hydrogen (secondary N) is 1. The normalized spacial score (nSPS) is 16.1. The van der Waals surface area contributed by atoms with Gasteiger partial charge < -0.3 is 10.1 Å². The first-order valence-electron chi connectivity index (χ1n) is 6.58. The van der Waals surface area contributed by atoms with E-state index in [0.717, 1.165) is 17.9 Å². The molecule has 1 N–H and O–H groups in total. The van der Waals surface area contributed by atoms with Gasteiger partial charge >= 0.3 is 6.09 Å². The van der Waals surface area contributed by atoms with Crippen LogP contribution in [-0.4, -0.2) is 12.6 Å². The molecule has 3 nitrogen and oxygen atoms in total. The third-order valence-corrected chi connectivity index (χ3v) is 3.14. The Morgan fingerprint density at radius 2 is 2.17 bits per heavy atom. The molecule has 2 atom stereocenters. The van der Waals surface area contributed by atoms with Crippen molar-refractivity contribution in [3.05, 3.63) is 42.3 Å². The van der Waals surface area contributed by atoms with Crippen LogP contribution >= 0.6 is 0 Å². The van der Waals surface area contributed by atoms with Crippen molar-refractivity contribution in [3.63, 3.8) is 0 Å². The molecule has 1 aliphatic carbocycles. The Morgan fingerprint density at radius 1 is 1.44 bits per heavy atom. The van der Waals surface area contributed by atoms with Crippen LogP contribution in [-0.2, 0) is 4.74 Å². The van der Waals surface area contributed by atoms with Crippen LogP contribution in [0.1, 0.15) is 37.9 Å². The number of rotatable bonds is 6. The van der Waals surface area contributed by atoms with Gasteiger partial charge in [-0.15, -0.1) is 0 Å². The van der Waals surface area contributed by atoms with E-state index in [4.69, 9.17) is 4.74 Å². The highest BCUT2D eigenvalue weighted by Gasteiger charge is 2.20. The van der Waals surface area contributed by atoms with Gasteiger partial charge in [0.25, 0.3) is 0 Å². The summed E-state index contributed by atoms with van der Waals surface area (Å²) in [5, 5.41) is 2.79. The minimum atomic E-state index is -0.328. The van der Waals surface area contributed by atoms with Crippen molar-refractivity contribution in [1.82, 2.24) is 5.32 Å². The molecule has 97 valence electrons. The number of carbonyl (C=O) groups excluding carboxylic acids is 1. The second kappa shape index (κ2) is 6.43. The van der Waals surface area contributed by atoms with Gasteiger partial charge in [-0.1, -0.05) is 30.3 Å². The van der Waals surface area contributed by atoms with Crippen LogP contribution in [0, 0.1) is 12.3 Å². The highest BCUT2D eigenvalue weighted by molar-refractivity contribution is 5.67. The zero-order chi connectivity index (χ0) is 12.8. The molecule has 0 heterocycles. The molecular weight excluding hydrogens is 226 g/mol. The number of hydrogen-bond acceptors (Lipinski definition) is 2. The molecule has 0 aromatic heterocycles. The summed E-state index contributed by atoms with van der Waals surface area (Å²) < 4.78 is 5.30. The molecule has 2 rings (SSSR count). The molecule has 3 heteroatoms. The van der Waals surface area contributed by atoms with E-state index in [0.29, 0.717) is 6.54 Å². The van der Waals surface area contributed by atoms with E-state index in [-0.39, 0.29) is 12.2 Å². The highest BCUT2D eigenvalue weighted by atomic mass is 16.6. The fraction of sp³-hybridized carbons (Fsp3) is 0.467. The highest BCUT2D eigenvalue weighted by Crippen LogP contribution is 2.31. The zero-order valence-corrected chi connectivity index (χ0v) is 10.8. The molecule has 2 unspecified atom stereocenters. The molecule has 0 saturated heterocycles. The van der Waals surface area contributed by atoms with Crippen molar-refractivity contribution < 1.29 is 9.53 Å². The zero-order valence-electron chi connectivity index (χ0n) is 10.8. The van der Waals surface area contributed by atoms with Gasteiger partial charge in [0.15, 0.2) is 0 Å². The molecule has 1 saturated carbocycles. The van der Waals surface area contributed by atoms with Crippen LogP contribution in [0.5, 0.6) is 0 Å². The van der Waals surface area contributed by atoms with Crippen LogP contribution in [0.15, 0.2) is 30.3 Å². The fourth-order valence-corrected chi connectivity index (χ4v) is 1.88. The molecular formula is C15H20NO2. The predicted octanol–water partition coefficient (Wildman–Crippen LogP) is 3.48. The summed E-state index contributed by atoms with van der Waals surface area (Å²) in [7, 11) is 0. The molecule has 1 fully saturated rings. The fourth-order valence-electron chi connectivity index (χ4n) is 1.88. The maximum absolute atomic E-state index is 11.5. The third kappa shape index (κ3) is 4.40.